The third-order valence-electron chi connectivity index (χ3n) is 4.42. The SMILES string of the molecule is N=C(Nc1cccc(C(=O)NCCc2ccc(F)cc2)c1)N1CCCC1. The quantitative estimate of drug-likeness (QED) is 0.570. The fourth-order valence-electron chi connectivity index (χ4n) is 2.97. The number of rotatable bonds is 5. The summed E-state index contributed by atoms with van der Waals surface area (Å²) in [5, 5.41) is 14.0. The highest BCUT2D eigenvalue weighted by Crippen LogP contribution is 2.14. The van der Waals surface area contributed by atoms with E-state index in [9.17, 15) is 9.18 Å². The summed E-state index contributed by atoms with van der Waals surface area (Å²) in [5.41, 5.74) is 2.25. The Bertz CT molecular complexity index is 770. The van der Waals surface area contributed by atoms with E-state index in [2.05, 4.69) is 10.6 Å². The summed E-state index contributed by atoms with van der Waals surface area (Å²) < 4.78 is 12.9. The van der Waals surface area contributed by atoms with Gasteiger partial charge in [0.2, 0.25) is 0 Å². The zero-order chi connectivity index (χ0) is 18.4. The molecule has 1 saturated heterocycles. The highest BCUT2D eigenvalue weighted by Gasteiger charge is 2.15. The average molecular weight is 354 g/mol. The van der Waals surface area contributed by atoms with E-state index in [1.54, 1.807) is 30.3 Å². The summed E-state index contributed by atoms with van der Waals surface area (Å²) in [6.07, 6.45) is 2.87. The molecule has 3 N–H and O–H groups in total. The lowest BCUT2D eigenvalue weighted by atomic mass is 10.1. The Kier molecular flexibility index (Phi) is 5.84. The number of carbonyl (C=O) groups is 1. The molecule has 1 heterocycles. The first-order valence-corrected chi connectivity index (χ1v) is 8.85. The topological polar surface area (TPSA) is 68.2 Å². The first kappa shape index (κ1) is 17.9. The van der Waals surface area contributed by atoms with Crippen LogP contribution in [0.4, 0.5) is 10.1 Å². The molecule has 0 spiro atoms. The van der Waals surface area contributed by atoms with Gasteiger partial charge in [-0.2, -0.15) is 0 Å². The van der Waals surface area contributed by atoms with Crippen LogP contribution in [-0.2, 0) is 6.42 Å². The van der Waals surface area contributed by atoms with E-state index in [4.69, 9.17) is 5.41 Å². The number of guanidine groups is 1. The van der Waals surface area contributed by atoms with Crippen molar-refractivity contribution in [2.24, 2.45) is 0 Å². The number of hydrogen-bond donors (Lipinski definition) is 3. The number of nitrogens with one attached hydrogen (secondary N) is 3. The van der Waals surface area contributed by atoms with Gasteiger partial charge in [-0.15, -0.1) is 0 Å². The van der Waals surface area contributed by atoms with Crippen LogP contribution in [0.15, 0.2) is 48.5 Å². The predicted octanol–water partition coefficient (Wildman–Crippen LogP) is 3.24. The van der Waals surface area contributed by atoms with E-state index in [0.717, 1.165) is 37.2 Å². The van der Waals surface area contributed by atoms with E-state index < -0.39 is 0 Å². The maximum atomic E-state index is 12.9. The summed E-state index contributed by atoms with van der Waals surface area (Å²) in [6, 6.07) is 13.4. The Morgan fingerprint density at radius 3 is 2.58 bits per heavy atom. The molecule has 1 amide bonds. The smallest absolute Gasteiger partial charge is 0.251 e. The second-order valence-corrected chi connectivity index (χ2v) is 6.38. The molecule has 2 aromatic carbocycles. The van der Waals surface area contributed by atoms with Gasteiger partial charge in [0.05, 0.1) is 0 Å². The fourth-order valence-corrected chi connectivity index (χ4v) is 2.97. The van der Waals surface area contributed by atoms with Crippen molar-refractivity contribution < 1.29 is 9.18 Å². The van der Waals surface area contributed by atoms with E-state index in [-0.39, 0.29) is 11.7 Å². The van der Waals surface area contributed by atoms with Crippen molar-refractivity contribution in [3.8, 4) is 0 Å². The second kappa shape index (κ2) is 8.47. The number of halogens is 1. The van der Waals surface area contributed by atoms with Gasteiger partial charge in [-0.3, -0.25) is 10.2 Å². The van der Waals surface area contributed by atoms with E-state index in [1.807, 2.05) is 11.0 Å². The van der Waals surface area contributed by atoms with Gasteiger partial charge in [-0.25, -0.2) is 4.39 Å². The first-order valence-electron chi connectivity index (χ1n) is 8.85. The van der Waals surface area contributed by atoms with Crippen molar-refractivity contribution in [3.05, 3.63) is 65.5 Å². The number of likely N-dealkylation sites (tertiary alicyclic amines) is 1. The molecule has 0 aliphatic carbocycles. The molecule has 0 saturated carbocycles. The molecule has 2 aromatic rings. The zero-order valence-corrected chi connectivity index (χ0v) is 14.6. The summed E-state index contributed by atoms with van der Waals surface area (Å²) >= 11 is 0. The number of carbonyl (C=O) groups excluding carboxylic acids is 1. The van der Waals surface area contributed by atoms with Crippen LogP contribution in [0, 0.1) is 11.2 Å². The van der Waals surface area contributed by atoms with Gasteiger partial charge in [0.1, 0.15) is 5.82 Å². The Morgan fingerprint density at radius 1 is 1.12 bits per heavy atom. The molecule has 0 unspecified atom stereocenters. The summed E-state index contributed by atoms with van der Waals surface area (Å²) in [6.45, 7) is 2.27. The van der Waals surface area contributed by atoms with Crippen molar-refractivity contribution in [1.82, 2.24) is 10.2 Å². The van der Waals surface area contributed by atoms with Crippen LogP contribution in [0.3, 0.4) is 0 Å². The van der Waals surface area contributed by atoms with Gasteiger partial charge in [0.25, 0.3) is 5.91 Å². The van der Waals surface area contributed by atoms with Gasteiger partial charge < -0.3 is 15.5 Å². The van der Waals surface area contributed by atoms with E-state index >= 15 is 0 Å². The molecule has 1 aliphatic rings. The van der Waals surface area contributed by atoms with Gasteiger partial charge >= 0.3 is 0 Å². The fraction of sp³-hybridized carbons (Fsp3) is 0.300. The summed E-state index contributed by atoms with van der Waals surface area (Å²) in [7, 11) is 0. The molecule has 1 fully saturated rings. The normalized spacial score (nSPS) is 13.5. The Hall–Kier alpha value is -2.89. The molecular formula is C20H23FN4O. The number of nitrogens with zero attached hydrogens (tertiary/aromatic N) is 1. The van der Waals surface area contributed by atoms with Crippen LogP contribution in [-0.4, -0.2) is 36.4 Å². The van der Waals surface area contributed by atoms with Crippen LogP contribution < -0.4 is 10.6 Å². The number of anilines is 1. The monoisotopic (exact) mass is 354 g/mol. The third kappa shape index (κ3) is 4.81. The van der Waals surface area contributed by atoms with Gasteiger partial charge in [0.15, 0.2) is 5.96 Å². The Morgan fingerprint density at radius 2 is 1.85 bits per heavy atom. The van der Waals surface area contributed by atoms with Gasteiger partial charge in [0, 0.05) is 30.9 Å². The van der Waals surface area contributed by atoms with Gasteiger partial charge in [-0.05, 0) is 55.2 Å². The number of hydrogen-bond acceptors (Lipinski definition) is 2. The van der Waals surface area contributed by atoms with Crippen LogP contribution in [0.2, 0.25) is 0 Å². The molecule has 6 heteroatoms. The van der Waals surface area contributed by atoms with Crippen LogP contribution in [0.25, 0.3) is 0 Å². The van der Waals surface area contributed by atoms with Gasteiger partial charge in [-0.1, -0.05) is 18.2 Å². The lowest BCUT2D eigenvalue weighted by Gasteiger charge is -2.19. The predicted molar refractivity (Wildman–Crippen MR) is 101 cm³/mol. The number of amides is 1. The standard InChI is InChI=1S/C20H23FN4O/c21-17-8-6-15(7-9-17)10-11-23-19(26)16-4-3-5-18(14-16)24-20(22)25-12-1-2-13-25/h3-9,14H,1-2,10-13H2,(H2,22,24)(H,23,26). The minimum Gasteiger partial charge on any atom is -0.352 e. The molecule has 0 bridgehead atoms. The first-order chi connectivity index (χ1) is 12.6. The van der Waals surface area contributed by atoms with Crippen LogP contribution >= 0.6 is 0 Å². The molecule has 0 aromatic heterocycles. The minimum atomic E-state index is -0.262. The average Bonchev–Trinajstić information content (AvgIpc) is 3.18. The van der Waals surface area contributed by atoms with Crippen molar-refractivity contribution in [3.63, 3.8) is 0 Å². The second-order valence-electron chi connectivity index (χ2n) is 6.38. The maximum Gasteiger partial charge on any atom is 0.251 e. The third-order valence-corrected chi connectivity index (χ3v) is 4.42. The van der Waals surface area contributed by atoms with Crippen molar-refractivity contribution >= 4 is 17.6 Å². The minimum absolute atomic E-state index is 0.163. The lowest BCUT2D eigenvalue weighted by molar-refractivity contribution is 0.0954. The Labute approximate surface area is 152 Å². The highest BCUT2D eigenvalue weighted by atomic mass is 19.1. The number of benzene rings is 2. The van der Waals surface area contributed by atoms with Crippen molar-refractivity contribution in [2.45, 2.75) is 19.3 Å². The molecule has 1 aliphatic heterocycles. The van der Waals surface area contributed by atoms with Crippen molar-refractivity contribution in [2.75, 3.05) is 25.0 Å². The lowest BCUT2D eigenvalue weighted by Crippen LogP contribution is -2.33. The van der Waals surface area contributed by atoms with Crippen LogP contribution in [0.1, 0.15) is 28.8 Å². The maximum absolute atomic E-state index is 12.9. The van der Waals surface area contributed by atoms with E-state index in [1.165, 1.54) is 12.1 Å². The summed E-state index contributed by atoms with van der Waals surface area (Å²) in [5.74, 6) is -0.0542. The largest absolute Gasteiger partial charge is 0.352 e. The molecule has 3 rings (SSSR count). The van der Waals surface area contributed by atoms with E-state index in [0.29, 0.717) is 24.5 Å². The summed E-state index contributed by atoms with van der Waals surface area (Å²) in [4.78, 5) is 14.3. The molecule has 136 valence electrons. The Balaban J connectivity index is 1.52. The molecular weight excluding hydrogens is 331 g/mol. The molecule has 0 atom stereocenters. The zero-order valence-electron chi connectivity index (χ0n) is 14.6. The van der Waals surface area contributed by atoms with Crippen LogP contribution in [0.5, 0.6) is 0 Å². The molecule has 26 heavy (non-hydrogen) atoms. The van der Waals surface area contributed by atoms with Crippen molar-refractivity contribution in [1.29, 1.82) is 5.41 Å². The molecule has 5 nitrogen and oxygen atoms in total. The molecule has 0 radical (unpaired) electrons. The highest BCUT2D eigenvalue weighted by molar-refractivity contribution is 5.97.